The van der Waals surface area contributed by atoms with Gasteiger partial charge in [-0.3, -0.25) is 0 Å². The van der Waals surface area contributed by atoms with Crippen molar-refractivity contribution >= 4 is 43.5 Å². The highest BCUT2D eigenvalue weighted by atomic mass is 79.9. The summed E-state index contributed by atoms with van der Waals surface area (Å²) in [5.41, 5.74) is 1.10. The SMILES string of the molecule is ClC(c1cc(Br)ccc1Br)C1CCCCO1. The summed E-state index contributed by atoms with van der Waals surface area (Å²) < 4.78 is 7.82. The molecule has 0 spiro atoms. The van der Waals surface area contributed by atoms with E-state index in [2.05, 4.69) is 37.9 Å². The van der Waals surface area contributed by atoms with Crippen LogP contribution in [0.1, 0.15) is 30.2 Å². The van der Waals surface area contributed by atoms with Crippen molar-refractivity contribution in [2.24, 2.45) is 0 Å². The van der Waals surface area contributed by atoms with Gasteiger partial charge in [0.05, 0.1) is 11.5 Å². The number of rotatable bonds is 2. The minimum atomic E-state index is -0.0767. The number of ether oxygens (including phenoxy) is 1. The fraction of sp³-hybridized carbons (Fsp3) is 0.500. The lowest BCUT2D eigenvalue weighted by Crippen LogP contribution is -2.23. The maximum atomic E-state index is 6.49. The maximum absolute atomic E-state index is 6.49. The maximum Gasteiger partial charge on any atom is 0.0858 e. The molecule has 1 fully saturated rings. The zero-order valence-corrected chi connectivity index (χ0v) is 12.7. The van der Waals surface area contributed by atoms with Crippen molar-refractivity contribution < 1.29 is 4.74 Å². The molecule has 0 aliphatic carbocycles. The van der Waals surface area contributed by atoms with Crippen LogP contribution < -0.4 is 0 Å². The Morgan fingerprint density at radius 3 is 2.81 bits per heavy atom. The van der Waals surface area contributed by atoms with E-state index >= 15 is 0 Å². The van der Waals surface area contributed by atoms with Crippen LogP contribution in [0.15, 0.2) is 27.1 Å². The van der Waals surface area contributed by atoms with Crippen LogP contribution >= 0.6 is 43.5 Å². The van der Waals surface area contributed by atoms with Gasteiger partial charge in [0, 0.05) is 15.6 Å². The second-order valence-electron chi connectivity index (χ2n) is 3.97. The van der Waals surface area contributed by atoms with Gasteiger partial charge in [-0.25, -0.2) is 0 Å². The average Bonchev–Trinajstić information content (AvgIpc) is 2.32. The Morgan fingerprint density at radius 2 is 2.12 bits per heavy atom. The second kappa shape index (κ2) is 5.85. The first kappa shape index (κ1) is 12.9. The van der Waals surface area contributed by atoms with Crippen molar-refractivity contribution in [1.82, 2.24) is 0 Å². The fourth-order valence-electron chi connectivity index (χ4n) is 1.92. The molecule has 1 aliphatic heterocycles. The Morgan fingerprint density at radius 1 is 1.31 bits per heavy atom. The summed E-state index contributed by atoms with van der Waals surface area (Å²) in [5, 5.41) is -0.0767. The van der Waals surface area contributed by atoms with Crippen LogP contribution in [0.4, 0.5) is 0 Å². The Kier molecular flexibility index (Phi) is 4.71. The number of benzene rings is 1. The lowest BCUT2D eigenvalue weighted by atomic mass is 10.0. The van der Waals surface area contributed by atoms with Gasteiger partial charge in [-0.2, -0.15) is 0 Å². The van der Waals surface area contributed by atoms with Crippen molar-refractivity contribution in [3.05, 3.63) is 32.7 Å². The zero-order valence-electron chi connectivity index (χ0n) is 8.76. The second-order valence-corrected chi connectivity index (χ2v) is 6.21. The predicted molar refractivity (Wildman–Crippen MR) is 74.0 cm³/mol. The monoisotopic (exact) mass is 366 g/mol. The van der Waals surface area contributed by atoms with Crippen molar-refractivity contribution in [3.8, 4) is 0 Å². The smallest absolute Gasteiger partial charge is 0.0858 e. The van der Waals surface area contributed by atoms with Gasteiger partial charge in [0.1, 0.15) is 0 Å². The molecule has 4 heteroatoms. The van der Waals surface area contributed by atoms with E-state index in [1.54, 1.807) is 0 Å². The molecule has 0 N–H and O–H groups in total. The molecule has 0 bridgehead atoms. The highest BCUT2D eigenvalue weighted by Crippen LogP contribution is 2.36. The molecule has 0 saturated carbocycles. The van der Waals surface area contributed by atoms with E-state index in [1.807, 2.05) is 12.1 Å². The highest BCUT2D eigenvalue weighted by Gasteiger charge is 2.25. The van der Waals surface area contributed by atoms with E-state index in [4.69, 9.17) is 16.3 Å². The van der Waals surface area contributed by atoms with E-state index in [0.717, 1.165) is 34.0 Å². The third kappa shape index (κ3) is 3.00. The van der Waals surface area contributed by atoms with Gasteiger partial charge in [0.2, 0.25) is 0 Å². The molecule has 1 nitrogen and oxygen atoms in total. The molecule has 16 heavy (non-hydrogen) atoms. The van der Waals surface area contributed by atoms with E-state index in [1.165, 1.54) is 6.42 Å². The normalized spacial score (nSPS) is 23.1. The Bertz CT molecular complexity index is 364. The molecule has 2 unspecified atom stereocenters. The lowest BCUT2D eigenvalue weighted by molar-refractivity contribution is 0.0135. The quantitative estimate of drug-likeness (QED) is 0.663. The molecule has 0 amide bonds. The minimum Gasteiger partial charge on any atom is -0.376 e. The van der Waals surface area contributed by atoms with Gasteiger partial charge >= 0.3 is 0 Å². The fourth-order valence-corrected chi connectivity index (χ4v) is 3.31. The lowest BCUT2D eigenvalue weighted by Gasteiger charge is -2.27. The van der Waals surface area contributed by atoms with Crippen LogP contribution in [0.3, 0.4) is 0 Å². The molecule has 2 rings (SSSR count). The first-order valence-corrected chi connectivity index (χ1v) is 7.41. The van der Waals surface area contributed by atoms with Gasteiger partial charge < -0.3 is 4.74 Å². The van der Waals surface area contributed by atoms with Crippen molar-refractivity contribution in [2.75, 3.05) is 6.61 Å². The van der Waals surface area contributed by atoms with Gasteiger partial charge in [0.15, 0.2) is 0 Å². The summed E-state index contributed by atoms with van der Waals surface area (Å²) in [6.07, 6.45) is 3.55. The summed E-state index contributed by atoms with van der Waals surface area (Å²) in [7, 11) is 0. The minimum absolute atomic E-state index is 0.0767. The van der Waals surface area contributed by atoms with Crippen LogP contribution in [-0.2, 0) is 4.74 Å². The highest BCUT2D eigenvalue weighted by molar-refractivity contribution is 9.11. The van der Waals surface area contributed by atoms with Gasteiger partial charge in [-0.1, -0.05) is 31.9 Å². The molecule has 1 aliphatic rings. The van der Waals surface area contributed by atoms with Crippen molar-refractivity contribution in [3.63, 3.8) is 0 Å². The van der Waals surface area contributed by atoms with Crippen LogP contribution in [0.5, 0.6) is 0 Å². The standard InChI is InChI=1S/C12H13Br2ClO/c13-8-4-5-10(14)9(7-8)12(15)11-3-1-2-6-16-11/h4-5,7,11-12H,1-3,6H2. The molecule has 1 saturated heterocycles. The Labute approximate surface area is 118 Å². The predicted octanol–water partition coefficient (Wildman–Crippen LogP) is 5.06. The summed E-state index contributed by atoms with van der Waals surface area (Å²) >= 11 is 13.5. The topological polar surface area (TPSA) is 9.23 Å². The number of halogens is 3. The van der Waals surface area contributed by atoms with Gasteiger partial charge in [0.25, 0.3) is 0 Å². The molecule has 0 radical (unpaired) electrons. The summed E-state index contributed by atoms with van der Waals surface area (Å²) in [6.45, 7) is 0.833. The van der Waals surface area contributed by atoms with E-state index in [-0.39, 0.29) is 11.5 Å². The van der Waals surface area contributed by atoms with Crippen LogP contribution in [-0.4, -0.2) is 12.7 Å². The van der Waals surface area contributed by atoms with Gasteiger partial charge in [-0.05, 0) is 43.0 Å². The third-order valence-electron chi connectivity index (χ3n) is 2.80. The summed E-state index contributed by atoms with van der Waals surface area (Å²) in [5.74, 6) is 0. The molecular weight excluding hydrogens is 355 g/mol. The average molecular weight is 368 g/mol. The molecule has 1 heterocycles. The number of hydrogen-bond acceptors (Lipinski definition) is 1. The Balaban J connectivity index is 2.18. The molecular formula is C12H13Br2ClO. The van der Waals surface area contributed by atoms with E-state index in [9.17, 15) is 0 Å². The van der Waals surface area contributed by atoms with E-state index in [0.29, 0.717) is 0 Å². The molecule has 88 valence electrons. The number of alkyl halides is 1. The molecule has 0 aromatic heterocycles. The van der Waals surface area contributed by atoms with Crippen molar-refractivity contribution in [1.29, 1.82) is 0 Å². The van der Waals surface area contributed by atoms with Crippen LogP contribution in [0.25, 0.3) is 0 Å². The van der Waals surface area contributed by atoms with Gasteiger partial charge in [-0.15, -0.1) is 11.6 Å². The largest absolute Gasteiger partial charge is 0.376 e. The molecule has 1 aromatic carbocycles. The van der Waals surface area contributed by atoms with Crippen LogP contribution in [0.2, 0.25) is 0 Å². The first-order chi connectivity index (χ1) is 7.68. The molecule has 1 aromatic rings. The zero-order chi connectivity index (χ0) is 11.5. The summed E-state index contributed by atoms with van der Waals surface area (Å²) in [4.78, 5) is 0. The molecule has 2 atom stereocenters. The van der Waals surface area contributed by atoms with E-state index < -0.39 is 0 Å². The summed E-state index contributed by atoms with van der Waals surface area (Å²) in [6, 6.07) is 6.07. The van der Waals surface area contributed by atoms with Crippen LogP contribution in [0, 0.1) is 0 Å². The first-order valence-electron chi connectivity index (χ1n) is 5.39. The Hall–Kier alpha value is 0.430. The number of hydrogen-bond donors (Lipinski definition) is 0. The van der Waals surface area contributed by atoms with Crippen molar-refractivity contribution in [2.45, 2.75) is 30.7 Å². The third-order valence-corrected chi connectivity index (χ3v) is 4.53.